The minimum atomic E-state index is 0.827. The van der Waals surface area contributed by atoms with Crippen molar-refractivity contribution in [3.8, 4) is 0 Å². The third-order valence-electron chi connectivity index (χ3n) is 2.56. The third-order valence-corrected chi connectivity index (χ3v) is 2.56. The van der Waals surface area contributed by atoms with Crippen LogP contribution in [-0.2, 0) is 0 Å². The molecule has 0 spiro atoms. The van der Waals surface area contributed by atoms with Gasteiger partial charge in [0.15, 0.2) is 5.96 Å². The average Bonchev–Trinajstić information content (AvgIpc) is 2.86. The summed E-state index contributed by atoms with van der Waals surface area (Å²) in [5.41, 5.74) is 2.98. The molecular weight excluding hydrogens is 202 g/mol. The Morgan fingerprint density at radius 1 is 1.38 bits per heavy atom. The topological polar surface area (TPSA) is 65.1 Å². The van der Waals surface area contributed by atoms with Gasteiger partial charge in [0.2, 0.25) is 0 Å². The fourth-order valence-electron chi connectivity index (χ4n) is 1.87. The molecule has 1 aliphatic heterocycles. The van der Waals surface area contributed by atoms with Crippen molar-refractivity contribution in [3.63, 3.8) is 0 Å². The molecule has 1 aromatic heterocycles. The number of rotatable bonds is 1. The molecule has 0 saturated heterocycles. The summed E-state index contributed by atoms with van der Waals surface area (Å²) in [6.45, 7) is 3.69. The van der Waals surface area contributed by atoms with Crippen molar-refractivity contribution in [2.24, 2.45) is 4.99 Å². The van der Waals surface area contributed by atoms with Crippen molar-refractivity contribution in [3.05, 3.63) is 24.0 Å². The van der Waals surface area contributed by atoms with Gasteiger partial charge in [-0.05, 0) is 19.1 Å². The fraction of sp³-hybridized carbons (Fsp3) is 0.273. The minimum Gasteiger partial charge on any atom is -0.354 e. The number of anilines is 1. The van der Waals surface area contributed by atoms with E-state index < -0.39 is 0 Å². The molecule has 2 aromatic rings. The average molecular weight is 215 g/mol. The second-order valence-corrected chi connectivity index (χ2v) is 3.81. The highest BCUT2D eigenvalue weighted by Gasteiger charge is 2.09. The number of imidazole rings is 1. The van der Waals surface area contributed by atoms with Crippen LogP contribution >= 0.6 is 0 Å². The number of H-pyrrole nitrogens is 1. The number of para-hydroxylation sites is 1. The molecule has 0 amide bonds. The summed E-state index contributed by atoms with van der Waals surface area (Å²) in [6.07, 6.45) is 0. The Hall–Kier alpha value is -2.04. The maximum atomic E-state index is 4.45. The highest BCUT2D eigenvalue weighted by molar-refractivity contribution is 6.01. The summed E-state index contributed by atoms with van der Waals surface area (Å²) in [5.74, 6) is 1.75. The number of aryl methyl sites for hydroxylation is 1. The summed E-state index contributed by atoms with van der Waals surface area (Å²) in [4.78, 5) is 12.0. The summed E-state index contributed by atoms with van der Waals surface area (Å²) in [5, 5.41) is 6.43. The van der Waals surface area contributed by atoms with Gasteiger partial charge in [-0.1, -0.05) is 6.07 Å². The van der Waals surface area contributed by atoms with Gasteiger partial charge >= 0.3 is 0 Å². The van der Waals surface area contributed by atoms with Crippen LogP contribution in [0.3, 0.4) is 0 Å². The standard InChI is InChI=1S/C11H13N5/c1-7-14-8-3-2-4-9(10(8)15-7)16-11-12-5-6-13-11/h2-4H,5-6H2,1H3,(H,14,15)(H2,12,13,16). The maximum absolute atomic E-state index is 4.45. The molecule has 1 aliphatic rings. The number of nitrogens with zero attached hydrogens (tertiary/aromatic N) is 2. The Kier molecular flexibility index (Phi) is 2.02. The van der Waals surface area contributed by atoms with Crippen LogP contribution in [0, 0.1) is 6.92 Å². The van der Waals surface area contributed by atoms with E-state index in [0.29, 0.717) is 0 Å². The monoisotopic (exact) mass is 215 g/mol. The molecule has 0 bridgehead atoms. The number of guanidine groups is 1. The molecule has 2 heterocycles. The summed E-state index contributed by atoms with van der Waals surface area (Å²) in [6, 6.07) is 6.02. The van der Waals surface area contributed by atoms with Crippen LogP contribution in [0.25, 0.3) is 11.0 Å². The van der Waals surface area contributed by atoms with E-state index in [-0.39, 0.29) is 0 Å². The molecule has 5 nitrogen and oxygen atoms in total. The van der Waals surface area contributed by atoms with Gasteiger partial charge in [0.25, 0.3) is 0 Å². The molecule has 0 unspecified atom stereocenters. The van der Waals surface area contributed by atoms with Gasteiger partial charge in [-0.3, -0.25) is 4.99 Å². The fourth-order valence-corrected chi connectivity index (χ4v) is 1.87. The van der Waals surface area contributed by atoms with Crippen LogP contribution in [0.2, 0.25) is 0 Å². The van der Waals surface area contributed by atoms with Crippen molar-refractivity contribution in [1.82, 2.24) is 15.3 Å². The van der Waals surface area contributed by atoms with Crippen molar-refractivity contribution >= 4 is 22.7 Å². The lowest BCUT2D eigenvalue weighted by molar-refractivity contribution is 0.959. The van der Waals surface area contributed by atoms with E-state index in [4.69, 9.17) is 0 Å². The molecule has 0 radical (unpaired) electrons. The van der Waals surface area contributed by atoms with Crippen molar-refractivity contribution in [2.75, 3.05) is 18.4 Å². The van der Waals surface area contributed by atoms with Crippen LogP contribution in [0.5, 0.6) is 0 Å². The molecule has 0 saturated carbocycles. The number of aromatic amines is 1. The summed E-state index contributed by atoms with van der Waals surface area (Å²) in [7, 11) is 0. The van der Waals surface area contributed by atoms with Crippen molar-refractivity contribution in [1.29, 1.82) is 0 Å². The van der Waals surface area contributed by atoms with Gasteiger partial charge in [0, 0.05) is 6.54 Å². The normalized spacial score (nSPS) is 14.9. The molecule has 3 rings (SSSR count). The van der Waals surface area contributed by atoms with Crippen LogP contribution < -0.4 is 10.6 Å². The number of hydrogen-bond acceptors (Lipinski definition) is 4. The van der Waals surface area contributed by atoms with Crippen LogP contribution in [0.4, 0.5) is 5.69 Å². The van der Waals surface area contributed by atoms with E-state index in [1.165, 1.54) is 0 Å². The van der Waals surface area contributed by atoms with Crippen LogP contribution in [-0.4, -0.2) is 29.0 Å². The SMILES string of the molecule is Cc1nc2c(NC3=NCCN3)cccc2[nH]1. The molecule has 0 aliphatic carbocycles. The number of benzene rings is 1. The predicted octanol–water partition coefficient (Wildman–Crippen LogP) is 1.24. The van der Waals surface area contributed by atoms with Gasteiger partial charge < -0.3 is 15.6 Å². The second kappa shape index (κ2) is 3.52. The van der Waals surface area contributed by atoms with Gasteiger partial charge in [-0.15, -0.1) is 0 Å². The lowest BCUT2D eigenvalue weighted by Gasteiger charge is -2.06. The zero-order chi connectivity index (χ0) is 11.0. The number of fused-ring (bicyclic) bond motifs is 1. The largest absolute Gasteiger partial charge is 0.354 e. The molecule has 16 heavy (non-hydrogen) atoms. The van der Waals surface area contributed by atoms with E-state index in [1.54, 1.807) is 0 Å². The molecule has 82 valence electrons. The maximum Gasteiger partial charge on any atom is 0.195 e. The van der Waals surface area contributed by atoms with Crippen LogP contribution in [0.15, 0.2) is 23.2 Å². The van der Waals surface area contributed by atoms with Crippen molar-refractivity contribution < 1.29 is 0 Å². The Morgan fingerprint density at radius 2 is 2.31 bits per heavy atom. The first-order chi connectivity index (χ1) is 7.83. The molecule has 5 heteroatoms. The Bertz CT molecular complexity index is 555. The lowest BCUT2D eigenvalue weighted by atomic mass is 10.2. The first-order valence-corrected chi connectivity index (χ1v) is 5.33. The van der Waals surface area contributed by atoms with Gasteiger partial charge in [0.05, 0.1) is 17.7 Å². The molecule has 0 atom stereocenters. The van der Waals surface area contributed by atoms with Gasteiger partial charge in [0.1, 0.15) is 11.3 Å². The molecule has 0 fully saturated rings. The number of nitrogens with one attached hydrogen (secondary N) is 3. The Balaban J connectivity index is 2.02. The highest BCUT2D eigenvalue weighted by Crippen LogP contribution is 2.20. The van der Waals surface area contributed by atoms with Crippen LogP contribution in [0.1, 0.15) is 5.82 Å². The lowest BCUT2D eigenvalue weighted by Crippen LogP contribution is -2.26. The van der Waals surface area contributed by atoms with E-state index in [9.17, 15) is 0 Å². The summed E-state index contributed by atoms with van der Waals surface area (Å²) < 4.78 is 0. The van der Waals surface area contributed by atoms with E-state index in [0.717, 1.165) is 41.6 Å². The summed E-state index contributed by atoms with van der Waals surface area (Å²) >= 11 is 0. The number of hydrogen-bond donors (Lipinski definition) is 3. The predicted molar refractivity (Wildman–Crippen MR) is 64.8 cm³/mol. The van der Waals surface area contributed by atoms with Crippen molar-refractivity contribution in [2.45, 2.75) is 6.92 Å². The molecule has 1 aromatic carbocycles. The van der Waals surface area contributed by atoms with E-state index in [2.05, 4.69) is 25.6 Å². The highest BCUT2D eigenvalue weighted by atomic mass is 15.2. The zero-order valence-corrected chi connectivity index (χ0v) is 9.04. The van der Waals surface area contributed by atoms with Gasteiger partial charge in [-0.2, -0.15) is 0 Å². The second-order valence-electron chi connectivity index (χ2n) is 3.81. The van der Waals surface area contributed by atoms with E-state index >= 15 is 0 Å². The number of aromatic nitrogens is 2. The molecular formula is C11H13N5. The smallest absolute Gasteiger partial charge is 0.195 e. The quantitative estimate of drug-likeness (QED) is 0.670. The first kappa shape index (κ1) is 9.21. The first-order valence-electron chi connectivity index (χ1n) is 5.33. The number of aliphatic imine (C=N–C) groups is 1. The minimum absolute atomic E-state index is 0.827. The molecule has 3 N–H and O–H groups in total. The zero-order valence-electron chi connectivity index (χ0n) is 9.04. The Labute approximate surface area is 93.0 Å². The Morgan fingerprint density at radius 3 is 3.12 bits per heavy atom. The van der Waals surface area contributed by atoms with Gasteiger partial charge in [-0.25, -0.2) is 4.98 Å². The third kappa shape index (κ3) is 1.50. The van der Waals surface area contributed by atoms with E-state index in [1.807, 2.05) is 25.1 Å².